The maximum absolute atomic E-state index is 13.5. The molecular weight excluding hydrogens is 403 g/mol. The Labute approximate surface area is 170 Å². The number of nitrogens with zero attached hydrogens (tertiary/aromatic N) is 1. The van der Waals surface area contributed by atoms with E-state index in [0.717, 1.165) is 16.5 Å². The Morgan fingerprint density at radius 2 is 1.93 bits per heavy atom. The largest absolute Gasteiger partial charge is 0.416 e. The van der Waals surface area contributed by atoms with Gasteiger partial charge < -0.3 is 16.0 Å². The zero-order valence-corrected chi connectivity index (χ0v) is 16.5. The van der Waals surface area contributed by atoms with Crippen LogP contribution in [0, 0.1) is 0 Å². The Kier molecular flexibility index (Phi) is 4.99. The van der Waals surface area contributed by atoms with E-state index in [2.05, 4.69) is 21.4 Å². The summed E-state index contributed by atoms with van der Waals surface area (Å²) in [5.74, 6) is 0.215. The van der Waals surface area contributed by atoms with Crippen molar-refractivity contribution in [2.24, 2.45) is 0 Å². The number of rotatable bonds is 3. The fraction of sp³-hybridized carbons (Fsp3) is 0.316. The van der Waals surface area contributed by atoms with Crippen LogP contribution >= 0.6 is 11.8 Å². The molecule has 1 aromatic rings. The van der Waals surface area contributed by atoms with Crippen LogP contribution in [0.4, 0.5) is 13.2 Å². The van der Waals surface area contributed by atoms with E-state index in [9.17, 15) is 18.0 Å². The lowest BCUT2D eigenvalue weighted by Crippen LogP contribution is -2.54. The number of benzene rings is 1. The van der Waals surface area contributed by atoms with Crippen LogP contribution in [0.25, 0.3) is 0 Å². The van der Waals surface area contributed by atoms with E-state index in [4.69, 9.17) is 0 Å². The first-order valence-electron chi connectivity index (χ1n) is 9.00. The second-order valence-corrected chi connectivity index (χ2v) is 8.33. The van der Waals surface area contributed by atoms with Crippen LogP contribution in [0.2, 0.25) is 0 Å². The molecule has 0 aromatic heterocycles. The van der Waals surface area contributed by atoms with Crippen molar-refractivity contribution in [3.8, 4) is 0 Å². The highest BCUT2D eigenvalue weighted by atomic mass is 32.2. The number of carbonyl (C=O) groups excluding carboxylic acids is 1. The summed E-state index contributed by atoms with van der Waals surface area (Å²) in [6.07, 6.45) is 0.436. The molecule has 0 fully saturated rings. The van der Waals surface area contributed by atoms with Crippen LogP contribution in [-0.4, -0.2) is 22.5 Å². The number of nitrogens with one attached hydrogen (secondary N) is 4. The summed E-state index contributed by atoms with van der Waals surface area (Å²) >= 11 is 1.40. The second kappa shape index (κ2) is 7.34. The van der Waals surface area contributed by atoms with Gasteiger partial charge in [0.25, 0.3) is 5.91 Å². The zero-order chi connectivity index (χ0) is 20.8. The van der Waals surface area contributed by atoms with Gasteiger partial charge in [-0.05, 0) is 36.0 Å². The Morgan fingerprint density at radius 3 is 2.62 bits per heavy atom. The van der Waals surface area contributed by atoms with Gasteiger partial charge >= 0.3 is 6.18 Å². The minimum Gasteiger partial charge on any atom is -0.371 e. The van der Waals surface area contributed by atoms with Gasteiger partial charge in [-0.2, -0.15) is 13.2 Å². The number of allylic oxidation sites excluding steroid dienone is 1. The van der Waals surface area contributed by atoms with E-state index in [1.165, 1.54) is 23.9 Å². The zero-order valence-electron chi connectivity index (χ0n) is 15.7. The molecule has 3 unspecified atom stereocenters. The van der Waals surface area contributed by atoms with Crippen molar-refractivity contribution >= 4 is 17.7 Å². The standard InChI is InChI=1S/C19H20F3N5OS/c1-10-7-14(12-5-3-4-6-13(12)19(20,21)22)26-27-15(9-23-16(10)27)25-17(28)18-24-8-11(2)29-18/h3-9,14,16,18,23-24,26H,1-2H3,(H,25,28). The van der Waals surface area contributed by atoms with E-state index < -0.39 is 23.2 Å². The summed E-state index contributed by atoms with van der Waals surface area (Å²) in [4.78, 5) is 13.5. The maximum Gasteiger partial charge on any atom is 0.416 e. The van der Waals surface area contributed by atoms with Crippen LogP contribution in [0.3, 0.4) is 0 Å². The normalized spacial score (nSPS) is 26.0. The highest BCUT2D eigenvalue weighted by molar-refractivity contribution is 8.04. The van der Waals surface area contributed by atoms with Crippen molar-refractivity contribution < 1.29 is 18.0 Å². The van der Waals surface area contributed by atoms with E-state index in [0.29, 0.717) is 5.82 Å². The lowest BCUT2D eigenvalue weighted by atomic mass is 9.96. The van der Waals surface area contributed by atoms with E-state index in [1.54, 1.807) is 29.6 Å². The Morgan fingerprint density at radius 1 is 1.17 bits per heavy atom. The predicted molar refractivity (Wildman–Crippen MR) is 104 cm³/mol. The number of thioether (sulfide) groups is 1. The van der Waals surface area contributed by atoms with Gasteiger partial charge in [-0.15, -0.1) is 0 Å². The first-order valence-corrected chi connectivity index (χ1v) is 9.88. The molecule has 29 heavy (non-hydrogen) atoms. The third-order valence-electron chi connectivity index (χ3n) is 4.87. The van der Waals surface area contributed by atoms with Crippen molar-refractivity contribution in [1.29, 1.82) is 0 Å². The van der Waals surface area contributed by atoms with Crippen LogP contribution in [0.5, 0.6) is 0 Å². The van der Waals surface area contributed by atoms with E-state index in [1.807, 2.05) is 13.8 Å². The number of hydrogen-bond acceptors (Lipinski definition) is 6. The number of carbonyl (C=O) groups is 1. The molecule has 0 saturated carbocycles. The second-order valence-electron chi connectivity index (χ2n) is 6.98. The molecule has 3 aliphatic heterocycles. The molecule has 154 valence electrons. The predicted octanol–water partition coefficient (Wildman–Crippen LogP) is 2.88. The summed E-state index contributed by atoms with van der Waals surface area (Å²) < 4.78 is 40.4. The molecule has 0 saturated heterocycles. The summed E-state index contributed by atoms with van der Waals surface area (Å²) in [5, 5.41) is 10.2. The van der Waals surface area contributed by atoms with Crippen molar-refractivity contribution in [2.75, 3.05) is 0 Å². The van der Waals surface area contributed by atoms with Crippen LogP contribution < -0.4 is 21.4 Å². The lowest BCUT2D eigenvalue weighted by Gasteiger charge is -2.38. The fourth-order valence-corrected chi connectivity index (χ4v) is 4.32. The quantitative estimate of drug-likeness (QED) is 0.561. The van der Waals surface area contributed by atoms with Gasteiger partial charge in [0, 0.05) is 12.4 Å². The Balaban J connectivity index is 1.54. The third kappa shape index (κ3) is 3.82. The monoisotopic (exact) mass is 423 g/mol. The van der Waals surface area contributed by atoms with Crippen LogP contribution in [0.15, 0.2) is 59.0 Å². The average Bonchev–Trinajstić information content (AvgIpc) is 3.28. The molecule has 4 N–H and O–H groups in total. The SMILES string of the molecule is CC1=CNC(C(=O)NC2=CNC3C(C)=CC(c4ccccc4C(F)(F)F)NN23)S1. The van der Waals surface area contributed by atoms with Gasteiger partial charge in [0.05, 0.1) is 11.6 Å². The average molecular weight is 423 g/mol. The van der Waals surface area contributed by atoms with Gasteiger partial charge in [-0.3, -0.25) is 9.80 Å². The fourth-order valence-electron chi connectivity index (χ4n) is 3.51. The van der Waals surface area contributed by atoms with Gasteiger partial charge in [0.2, 0.25) is 0 Å². The summed E-state index contributed by atoms with van der Waals surface area (Å²) in [7, 11) is 0. The van der Waals surface area contributed by atoms with Crippen LogP contribution in [0.1, 0.15) is 31.0 Å². The van der Waals surface area contributed by atoms with Crippen molar-refractivity contribution in [2.45, 2.75) is 37.6 Å². The molecule has 0 aliphatic carbocycles. The van der Waals surface area contributed by atoms with E-state index in [-0.39, 0.29) is 17.6 Å². The first-order chi connectivity index (χ1) is 13.7. The topological polar surface area (TPSA) is 68.4 Å². The molecule has 1 aromatic carbocycles. The number of fused-ring (bicyclic) bond motifs is 1. The first kappa shape index (κ1) is 19.7. The molecule has 1 amide bonds. The van der Waals surface area contributed by atoms with Crippen molar-refractivity contribution in [3.05, 3.63) is 70.2 Å². The molecule has 10 heteroatoms. The number of halogens is 3. The lowest BCUT2D eigenvalue weighted by molar-refractivity contribution is -0.138. The minimum atomic E-state index is -4.46. The number of hydrogen-bond donors (Lipinski definition) is 4. The van der Waals surface area contributed by atoms with Gasteiger partial charge in [-0.25, -0.2) is 5.43 Å². The number of amides is 1. The summed E-state index contributed by atoms with van der Waals surface area (Å²) in [6, 6.07) is 4.81. The molecular formula is C19H20F3N5OS. The van der Waals surface area contributed by atoms with Gasteiger partial charge in [-0.1, -0.05) is 36.0 Å². The molecule has 0 radical (unpaired) electrons. The Hall–Kier alpha value is -2.59. The Bertz CT molecular complexity index is 927. The molecule has 0 bridgehead atoms. The molecule has 3 atom stereocenters. The molecule has 6 nitrogen and oxygen atoms in total. The van der Waals surface area contributed by atoms with Gasteiger partial charge in [0.15, 0.2) is 5.37 Å². The molecule has 3 heterocycles. The van der Waals surface area contributed by atoms with E-state index >= 15 is 0 Å². The number of hydrazine groups is 1. The smallest absolute Gasteiger partial charge is 0.371 e. The highest BCUT2D eigenvalue weighted by Gasteiger charge is 2.39. The highest BCUT2D eigenvalue weighted by Crippen LogP contribution is 2.37. The van der Waals surface area contributed by atoms with Crippen molar-refractivity contribution in [1.82, 2.24) is 26.4 Å². The van der Waals surface area contributed by atoms with Crippen LogP contribution in [-0.2, 0) is 11.0 Å². The summed E-state index contributed by atoms with van der Waals surface area (Å²) in [6.45, 7) is 3.75. The molecule has 3 aliphatic rings. The van der Waals surface area contributed by atoms with Gasteiger partial charge in [0.1, 0.15) is 12.0 Å². The number of alkyl halides is 3. The third-order valence-corrected chi connectivity index (χ3v) is 5.94. The summed E-state index contributed by atoms with van der Waals surface area (Å²) in [5.41, 5.74) is 3.39. The van der Waals surface area contributed by atoms with Crippen molar-refractivity contribution in [3.63, 3.8) is 0 Å². The molecule has 0 spiro atoms. The maximum atomic E-state index is 13.5. The minimum absolute atomic E-state index is 0.128. The molecule has 4 rings (SSSR count).